The zero-order valence-corrected chi connectivity index (χ0v) is 10.5. The minimum Gasteiger partial charge on any atom is -0.395 e. The van der Waals surface area contributed by atoms with Crippen LogP contribution in [0.3, 0.4) is 0 Å². The van der Waals surface area contributed by atoms with Crippen LogP contribution in [0, 0.1) is 0 Å². The molecule has 1 aliphatic heterocycles. The van der Waals surface area contributed by atoms with Crippen molar-refractivity contribution in [3.63, 3.8) is 0 Å². The van der Waals surface area contributed by atoms with Gasteiger partial charge in [-0.3, -0.25) is 14.5 Å². The monoisotopic (exact) mass is 238 g/mol. The van der Waals surface area contributed by atoms with Gasteiger partial charge >= 0.3 is 0 Å². The lowest BCUT2D eigenvalue weighted by molar-refractivity contribution is 0.108. The molecule has 5 nitrogen and oxygen atoms in total. The molecule has 0 bridgehead atoms. The summed E-state index contributed by atoms with van der Waals surface area (Å²) >= 11 is 0. The zero-order valence-electron chi connectivity index (χ0n) is 10.5. The third kappa shape index (κ3) is 3.52. The van der Waals surface area contributed by atoms with Crippen LogP contribution in [0.1, 0.15) is 12.5 Å². The van der Waals surface area contributed by atoms with Gasteiger partial charge in [-0.2, -0.15) is 5.10 Å². The molecule has 2 rings (SSSR count). The molecule has 1 N–H and O–H groups in total. The van der Waals surface area contributed by atoms with Crippen molar-refractivity contribution < 1.29 is 5.11 Å². The number of aromatic nitrogens is 2. The number of piperazine rings is 1. The van der Waals surface area contributed by atoms with E-state index in [1.54, 1.807) is 0 Å². The fraction of sp³-hybridized carbons (Fsp3) is 0.750. The minimum absolute atomic E-state index is 0.267. The molecule has 0 radical (unpaired) electrons. The first kappa shape index (κ1) is 12.5. The van der Waals surface area contributed by atoms with Crippen molar-refractivity contribution in [3.8, 4) is 0 Å². The van der Waals surface area contributed by atoms with Crippen LogP contribution in [0.2, 0.25) is 0 Å². The second kappa shape index (κ2) is 6.14. The van der Waals surface area contributed by atoms with Crippen LogP contribution in [0.15, 0.2) is 12.4 Å². The molecule has 2 heterocycles. The van der Waals surface area contributed by atoms with E-state index in [2.05, 4.69) is 28.0 Å². The van der Waals surface area contributed by atoms with Crippen LogP contribution in [0.25, 0.3) is 0 Å². The summed E-state index contributed by atoms with van der Waals surface area (Å²) in [6.45, 7) is 9.38. The molecular formula is C12H22N4O. The standard InChI is InChI=1S/C12H22N4O/c1-2-16-11-12(9-13-16)10-15-5-3-14(4-6-15)7-8-17/h9,11,17H,2-8,10H2,1H3. The lowest BCUT2D eigenvalue weighted by Gasteiger charge is -2.34. The van der Waals surface area contributed by atoms with E-state index in [0.717, 1.165) is 45.8 Å². The van der Waals surface area contributed by atoms with Crippen LogP contribution >= 0.6 is 0 Å². The van der Waals surface area contributed by atoms with Gasteiger partial charge in [0.2, 0.25) is 0 Å². The highest BCUT2D eigenvalue weighted by Gasteiger charge is 2.16. The summed E-state index contributed by atoms with van der Waals surface area (Å²) in [5, 5.41) is 13.2. The van der Waals surface area contributed by atoms with Gasteiger partial charge in [0.1, 0.15) is 0 Å². The highest BCUT2D eigenvalue weighted by molar-refractivity contribution is 5.03. The van der Waals surface area contributed by atoms with Crippen molar-refractivity contribution in [1.29, 1.82) is 0 Å². The largest absolute Gasteiger partial charge is 0.395 e. The first-order valence-electron chi connectivity index (χ1n) is 6.38. The molecule has 0 spiro atoms. The number of aliphatic hydroxyl groups is 1. The van der Waals surface area contributed by atoms with Gasteiger partial charge in [-0.05, 0) is 6.92 Å². The Hall–Kier alpha value is -0.910. The van der Waals surface area contributed by atoms with Crippen molar-refractivity contribution in [2.24, 2.45) is 0 Å². The van der Waals surface area contributed by atoms with Crippen molar-refractivity contribution >= 4 is 0 Å². The predicted molar refractivity (Wildman–Crippen MR) is 66.7 cm³/mol. The SMILES string of the molecule is CCn1cc(CN2CCN(CCO)CC2)cn1. The lowest BCUT2D eigenvalue weighted by atomic mass is 10.2. The van der Waals surface area contributed by atoms with Gasteiger partial charge in [0.05, 0.1) is 12.8 Å². The molecule has 5 heteroatoms. The maximum atomic E-state index is 8.88. The van der Waals surface area contributed by atoms with Crippen molar-refractivity contribution in [1.82, 2.24) is 19.6 Å². The fourth-order valence-corrected chi connectivity index (χ4v) is 2.23. The van der Waals surface area contributed by atoms with E-state index in [1.165, 1.54) is 5.56 Å². The zero-order chi connectivity index (χ0) is 12.1. The summed E-state index contributed by atoms with van der Waals surface area (Å²) in [5.41, 5.74) is 1.29. The summed E-state index contributed by atoms with van der Waals surface area (Å²) in [6.07, 6.45) is 4.09. The Kier molecular flexibility index (Phi) is 4.53. The van der Waals surface area contributed by atoms with Crippen LogP contribution in [-0.4, -0.2) is 64.0 Å². The maximum absolute atomic E-state index is 8.88. The second-order valence-corrected chi connectivity index (χ2v) is 4.55. The molecule has 0 aliphatic carbocycles. The third-order valence-electron chi connectivity index (χ3n) is 3.30. The van der Waals surface area contributed by atoms with Crippen LogP contribution in [0.4, 0.5) is 0 Å². The van der Waals surface area contributed by atoms with Crippen LogP contribution in [0.5, 0.6) is 0 Å². The number of aryl methyl sites for hydroxylation is 1. The molecule has 1 aromatic heterocycles. The van der Waals surface area contributed by atoms with Gasteiger partial charge in [-0.25, -0.2) is 0 Å². The minimum atomic E-state index is 0.267. The van der Waals surface area contributed by atoms with Gasteiger partial charge in [0.25, 0.3) is 0 Å². The van der Waals surface area contributed by atoms with Crippen LogP contribution < -0.4 is 0 Å². The van der Waals surface area contributed by atoms with E-state index in [0.29, 0.717) is 0 Å². The van der Waals surface area contributed by atoms with E-state index in [4.69, 9.17) is 5.11 Å². The number of nitrogens with zero attached hydrogens (tertiary/aromatic N) is 4. The molecule has 0 aromatic carbocycles. The Labute approximate surface area is 103 Å². The molecule has 0 amide bonds. The maximum Gasteiger partial charge on any atom is 0.0558 e. The van der Waals surface area contributed by atoms with Crippen molar-refractivity contribution in [2.75, 3.05) is 39.3 Å². The number of hydrogen-bond acceptors (Lipinski definition) is 4. The molecule has 1 aromatic rings. The normalized spacial score (nSPS) is 18.7. The number of aliphatic hydroxyl groups excluding tert-OH is 1. The Bertz CT molecular complexity index is 331. The summed E-state index contributed by atoms with van der Waals surface area (Å²) in [5.74, 6) is 0. The van der Waals surface area contributed by atoms with E-state index in [9.17, 15) is 0 Å². The van der Waals surface area contributed by atoms with Crippen LogP contribution in [-0.2, 0) is 13.1 Å². The summed E-state index contributed by atoms with van der Waals surface area (Å²) < 4.78 is 1.97. The Morgan fingerprint density at radius 2 is 1.94 bits per heavy atom. The molecule has 0 unspecified atom stereocenters. The second-order valence-electron chi connectivity index (χ2n) is 4.55. The molecule has 0 saturated carbocycles. The Morgan fingerprint density at radius 3 is 2.53 bits per heavy atom. The summed E-state index contributed by atoms with van der Waals surface area (Å²) in [6, 6.07) is 0. The number of β-amino-alcohol motifs (C(OH)–C–C–N with tert-alkyl or cyclic N) is 1. The van der Waals surface area contributed by atoms with E-state index in [1.807, 2.05) is 10.9 Å². The average molecular weight is 238 g/mol. The average Bonchev–Trinajstić information content (AvgIpc) is 2.80. The van der Waals surface area contributed by atoms with E-state index >= 15 is 0 Å². The van der Waals surface area contributed by atoms with Crippen molar-refractivity contribution in [2.45, 2.75) is 20.0 Å². The van der Waals surface area contributed by atoms with Gasteiger partial charge in [-0.1, -0.05) is 0 Å². The molecule has 96 valence electrons. The lowest BCUT2D eigenvalue weighted by Crippen LogP contribution is -2.46. The van der Waals surface area contributed by atoms with Gasteiger partial charge in [0.15, 0.2) is 0 Å². The molecule has 0 atom stereocenters. The molecule has 17 heavy (non-hydrogen) atoms. The summed E-state index contributed by atoms with van der Waals surface area (Å²) in [7, 11) is 0. The van der Waals surface area contributed by atoms with Gasteiger partial charge in [-0.15, -0.1) is 0 Å². The highest BCUT2D eigenvalue weighted by atomic mass is 16.3. The number of rotatable bonds is 5. The Morgan fingerprint density at radius 1 is 1.24 bits per heavy atom. The first-order valence-corrected chi connectivity index (χ1v) is 6.38. The third-order valence-corrected chi connectivity index (χ3v) is 3.30. The number of hydrogen-bond donors (Lipinski definition) is 1. The molecule has 1 saturated heterocycles. The predicted octanol–water partition coefficient (Wildman–Crippen LogP) is 0.0129. The first-order chi connectivity index (χ1) is 8.31. The molecular weight excluding hydrogens is 216 g/mol. The topological polar surface area (TPSA) is 44.5 Å². The van der Waals surface area contributed by atoms with E-state index < -0.39 is 0 Å². The molecule has 1 aliphatic rings. The quantitative estimate of drug-likeness (QED) is 0.785. The summed E-state index contributed by atoms with van der Waals surface area (Å²) in [4.78, 5) is 4.76. The van der Waals surface area contributed by atoms with Crippen molar-refractivity contribution in [3.05, 3.63) is 18.0 Å². The van der Waals surface area contributed by atoms with Gasteiger partial charge in [0, 0.05) is 57.6 Å². The smallest absolute Gasteiger partial charge is 0.0558 e. The molecule has 1 fully saturated rings. The Balaban J connectivity index is 1.77. The highest BCUT2D eigenvalue weighted by Crippen LogP contribution is 2.07. The van der Waals surface area contributed by atoms with Gasteiger partial charge < -0.3 is 5.11 Å². The van der Waals surface area contributed by atoms with E-state index in [-0.39, 0.29) is 6.61 Å². The fourth-order valence-electron chi connectivity index (χ4n) is 2.23.